The number of hydrogen-bond acceptors (Lipinski definition) is 3. The van der Waals surface area contributed by atoms with Crippen molar-refractivity contribution in [3.63, 3.8) is 0 Å². The molecule has 3 unspecified atom stereocenters. The van der Waals surface area contributed by atoms with Gasteiger partial charge in [0.2, 0.25) is 0 Å². The van der Waals surface area contributed by atoms with Crippen molar-refractivity contribution in [1.29, 1.82) is 0 Å². The minimum Gasteiger partial charge on any atom is -0.387 e. The van der Waals surface area contributed by atoms with Crippen LogP contribution in [0.4, 0.5) is 0 Å². The van der Waals surface area contributed by atoms with Crippen molar-refractivity contribution in [1.82, 2.24) is 5.32 Å². The first-order valence-corrected chi connectivity index (χ1v) is 9.44. The van der Waals surface area contributed by atoms with E-state index in [4.69, 9.17) is 0 Å². The molecule has 1 aliphatic carbocycles. The SMILES string of the molecule is CSC1CCCCC1NCC(O)c1ccc(C(C)C)cc1. The van der Waals surface area contributed by atoms with Crippen molar-refractivity contribution < 1.29 is 5.11 Å². The summed E-state index contributed by atoms with van der Waals surface area (Å²) < 4.78 is 0. The molecule has 1 fully saturated rings. The topological polar surface area (TPSA) is 32.3 Å². The van der Waals surface area contributed by atoms with E-state index >= 15 is 0 Å². The third kappa shape index (κ3) is 4.73. The molecule has 0 spiro atoms. The van der Waals surface area contributed by atoms with Crippen LogP contribution in [0.3, 0.4) is 0 Å². The Bertz CT molecular complexity index is 418. The van der Waals surface area contributed by atoms with Gasteiger partial charge in [-0.15, -0.1) is 0 Å². The van der Waals surface area contributed by atoms with Crippen LogP contribution < -0.4 is 5.32 Å². The number of rotatable bonds is 6. The minimum atomic E-state index is -0.407. The molecule has 2 rings (SSSR count). The second kappa shape index (κ2) is 8.21. The third-order valence-corrected chi connectivity index (χ3v) is 5.74. The minimum absolute atomic E-state index is 0.407. The van der Waals surface area contributed by atoms with Crippen LogP contribution in [0.1, 0.15) is 62.7 Å². The van der Waals surface area contributed by atoms with Crippen molar-refractivity contribution in [2.75, 3.05) is 12.8 Å². The Morgan fingerprint density at radius 1 is 1.14 bits per heavy atom. The highest BCUT2D eigenvalue weighted by molar-refractivity contribution is 7.99. The second-order valence-electron chi connectivity index (χ2n) is 6.41. The predicted molar refractivity (Wildman–Crippen MR) is 93.1 cm³/mol. The van der Waals surface area contributed by atoms with Gasteiger partial charge in [-0.25, -0.2) is 0 Å². The first-order chi connectivity index (χ1) is 10.1. The lowest BCUT2D eigenvalue weighted by Gasteiger charge is -2.31. The third-order valence-electron chi connectivity index (χ3n) is 4.57. The van der Waals surface area contributed by atoms with Gasteiger partial charge in [-0.05, 0) is 36.1 Å². The lowest BCUT2D eigenvalue weighted by molar-refractivity contribution is 0.166. The first kappa shape index (κ1) is 16.9. The molecule has 3 atom stereocenters. The predicted octanol–water partition coefficient (Wildman–Crippen LogP) is 4.11. The Balaban J connectivity index is 1.87. The summed E-state index contributed by atoms with van der Waals surface area (Å²) in [6.45, 7) is 5.04. The van der Waals surface area contributed by atoms with E-state index in [0.717, 1.165) is 5.56 Å². The number of nitrogens with one attached hydrogen (secondary N) is 1. The number of aliphatic hydroxyl groups excluding tert-OH is 1. The summed E-state index contributed by atoms with van der Waals surface area (Å²) >= 11 is 1.96. The average Bonchev–Trinajstić information content (AvgIpc) is 2.52. The van der Waals surface area contributed by atoms with Crippen LogP contribution in [-0.4, -0.2) is 29.2 Å². The fourth-order valence-corrected chi connectivity index (χ4v) is 4.06. The van der Waals surface area contributed by atoms with Gasteiger partial charge in [0.15, 0.2) is 0 Å². The second-order valence-corrected chi connectivity index (χ2v) is 7.49. The van der Waals surface area contributed by atoms with Gasteiger partial charge in [0, 0.05) is 17.8 Å². The van der Waals surface area contributed by atoms with Crippen LogP contribution in [-0.2, 0) is 0 Å². The first-order valence-electron chi connectivity index (χ1n) is 8.16. The molecule has 0 aliphatic heterocycles. The molecule has 0 heterocycles. The molecular formula is C18H29NOS. The Hall–Kier alpha value is -0.510. The van der Waals surface area contributed by atoms with Gasteiger partial charge >= 0.3 is 0 Å². The molecule has 21 heavy (non-hydrogen) atoms. The lowest BCUT2D eigenvalue weighted by Crippen LogP contribution is -2.42. The van der Waals surface area contributed by atoms with E-state index in [1.807, 2.05) is 11.8 Å². The van der Waals surface area contributed by atoms with Crippen LogP contribution in [0.25, 0.3) is 0 Å². The van der Waals surface area contributed by atoms with Gasteiger partial charge in [-0.3, -0.25) is 0 Å². The zero-order chi connectivity index (χ0) is 15.2. The van der Waals surface area contributed by atoms with E-state index < -0.39 is 6.10 Å². The maximum atomic E-state index is 10.4. The van der Waals surface area contributed by atoms with Gasteiger partial charge in [0.05, 0.1) is 6.10 Å². The fourth-order valence-electron chi connectivity index (χ4n) is 3.10. The number of benzene rings is 1. The maximum absolute atomic E-state index is 10.4. The zero-order valence-electron chi connectivity index (χ0n) is 13.5. The Kier molecular flexibility index (Phi) is 6.59. The summed E-state index contributed by atoms with van der Waals surface area (Å²) in [7, 11) is 0. The molecular weight excluding hydrogens is 278 g/mol. The molecule has 0 bridgehead atoms. The molecule has 0 aromatic heterocycles. The number of hydrogen-bond donors (Lipinski definition) is 2. The number of aliphatic hydroxyl groups is 1. The van der Waals surface area contributed by atoms with Crippen molar-refractivity contribution in [2.24, 2.45) is 0 Å². The normalized spacial score (nSPS) is 24.2. The van der Waals surface area contributed by atoms with E-state index in [0.29, 0.717) is 23.8 Å². The van der Waals surface area contributed by atoms with E-state index in [-0.39, 0.29) is 0 Å². The summed E-state index contributed by atoms with van der Waals surface area (Å²) in [4.78, 5) is 0. The van der Waals surface area contributed by atoms with E-state index in [9.17, 15) is 5.11 Å². The van der Waals surface area contributed by atoms with Crippen molar-refractivity contribution in [3.05, 3.63) is 35.4 Å². The summed E-state index contributed by atoms with van der Waals surface area (Å²) in [6.07, 6.45) is 7.00. The molecule has 0 amide bonds. The van der Waals surface area contributed by atoms with E-state index in [2.05, 4.69) is 49.7 Å². The molecule has 1 saturated carbocycles. The van der Waals surface area contributed by atoms with Crippen molar-refractivity contribution in [3.8, 4) is 0 Å². The monoisotopic (exact) mass is 307 g/mol. The van der Waals surface area contributed by atoms with Crippen LogP contribution in [0.5, 0.6) is 0 Å². The van der Waals surface area contributed by atoms with Gasteiger partial charge in [0.1, 0.15) is 0 Å². The van der Waals surface area contributed by atoms with Gasteiger partial charge in [0.25, 0.3) is 0 Å². The highest BCUT2D eigenvalue weighted by Gasteiger charge is 2.24. The lowest BCUT2D eigenvalue weighted by atomic mass is 9.94. The van der Waals surface area contributed by atoms with Gasteiger partial charge in [-0.2, -0.15) is 11.8 Å². The molecule has 1 aromatic carbocycles. The molecule has 1 aromatic rings. The molecule has 1 aliphatic rings. The molecule has 3 heteroatoms. The molecule has 118 valence electrons. The molecule has 2 N–H and O–H groups in total. The molecule has 0 saturated heterocycles. The van der Waals surface area contributed by atoms with Crippen molar-refractivity contribution >= 4 is 11.8 Å². The van der Waals surface area contributed by atoms with Gasteiger partial charge < -0.3 is 10.4 Å². The highest BCUT2D eigenvalue weighted by atomic mass is 32.2. The average molecular weight is 308 g/mol. The largest absolute Gasteiger partial charge is 0.387 e. The molecule has 0 radical (unpaired) electrons. The van der Waals surface area contributed by atoms with Crippen LogP contribution >= 0.6 is 11.8 Å². The summed E-state index contributed by atoms with van der Waals surface area (Å²) in [5, 5.41) is 14.7. The zero-order valence-corrected chi connectivity index (χ0v) is 14.3. The summed E-state index contributed by atoms with van der Waals surface area (Å²) in [5.41, 5.74) is 2.34. The number of thioether (sulfide) groups is 1. The standard InChI is InChI=1S/C18H29NOS/c1-13(2)14-8-10-15(11-9-14)17(20)12-19-16-6-4-5-7-18(16)21-3/h8-11,13,16-20H,4-7,12H2,1-3H3. The maximum Gasteiger partial charge on any atom is 0.0914 e. The summed E-state index contributed by atoms with van der Waals surface area (Å²) in [5.74, 6) is 0.541. The Morgan fingerprint density at radius 2 is 1.76 bits per heavy atom. The highest BCUT2D eigenvalue weighted by Crippen LogP contribution is 2.27. The quantitative estimate of drug-likeness (QED) is 0.829. The van der Waals surface area contributed by atoms with E-state index in [1.54, 1.807) is 0 Å². The Labute approximate surface area is 133 Å². The smallest absolute Gasteiger partial charge is 0.0914 e. The summed E-state index contributed by atoms with van der Waals surface area (Å²) in [6, 6.07) is 8.95. The fraction of sp³-hybridized carbons (Fsp3) is 0.667. The van der Waals surface area contributed by atoms with Crippen LogP contribution in [0, 0.1) is 0 Å². The Morgan fingerprint density at radius 3 is 2.38 bits per heavy atom. The van der Waals surface area contributed by atoms with Crippen LogP contribution in [0.15, 0.2) is 24.3 Å². The van der Waals surface area contributed by atoms with E-state index in [1.165, 1.54) is 31.2 Å². The molecule has 2 nitrogen and oxygen atoms in total. The van der Waals surface area contributed by atoms with Gasteiger partial charge in [-0.1, -0.05) is 51.0 Å². The van der Waals surface area contributed by atoms with Crippen LogP contribution in [0.2, 0.25) is 0 Å². The van der Waals surface area contributed by atoms with Crippen molar-refractivity contribution in [2.45, 2.75) is 62.8 Å².